The third-order valence-corrected chi connectivity index (χ3v) is 2.81. The number of Topliss-reactive ketones (excluding diaryl/α,β-unsaturated/α-hetero) is 1. The van der Waals surface area contributed by atoms with Crippen LogP contribution in [-0.2, 0) is 12.7 Å². The standard InChI is InChI=1S/C14H9F4NO2/c15-10-6-4-9(5-7-10)11(20)8-19-12(14(16,17)18)2-1-3-13(19)21/h1-7H,8H2. The van der Waals surface area contributed by atoms with Gasteiger partial charge in [-0.2, -0.15) is 13.2 Å². The molecular formula is C14H9F4NO2. The molecule has 2 rings (SSSR count). The van der Waals surface area contributed by atoms with Crippen LogP contribution in [0, 0.1) is 5.82 Å². The lowest BCUT2D eigenvalue weighted by molar-refractivity contribution is -0.144. The number of carbonyl (C=O) groups is 1. The first-order chi connectivity index (χ1) is 9.79. The van der Waals surface area contributed by atoms with Crippen molar-refractivity contribution in [3.63, 3.8) is 0 Å². The largest absolute Gasteiger partial charge is 0.431 e. The lowest BCUT2D eigenvalue weighted by atomic mass is 10.1. The first-order valence-corrected chi connectivity index (χ1v) is 5.85. The van der Waals surface area contributed by atoms with Gasteiger partial charge in [-0.3, -0.25) is 14.2 Å². The Balaban J connectivity index is 2.38. The van der Waals surface area contributed by atoms with Crippen molar-refractivity contribution < 1.29 is 22.4 Å². The first kappa shape index (κ1) is 15.0. The van der Waals surface area contributed by atoms with Crippen LogP contribution in [0.1, 0.15) is 16.1 Å². The van der Waals surface area contributed by atoms with E-state index in [-0.39, 0.29) is 5.56 Å². The quantitative estimate of drug-likeness (QED) is 0.646. The fourth-order valence-electron chi connectivity index (χ4n) is 1.80. The van der Waals surface area contributed by atoms with E-state index in [9.17, 15) is 27.2 Å². The number of hydrogen-bond acceptors (Lipinski definition) is 2. The monoisotopic (exact) mass is 299 g/mol. The number of rotatable bonds is 3. The van der Waals surface area contributed by atoms with E-state index in [1.54, 1.807) is 0 Å². The molecule has 0 spiro atoms. The van der Waals surface area contributed by atoms with E-state index in [2.05, 4.69) is 0 Å². The summed E-state index contributed by atoms with van der Waals surface area (Å²) in [6.07, 6.45) is -4.75. The molecule has 0 saturated carbocycles. The number of benzene rings is 1. The molecule has 0 aliphatic carbocycles. The average molecular weight is 299 g/mol. The van der Waals surface area contributed by atoms with Crippen LogP contribution in [0.4, 0.5) is 17.6 Å². The summed E-state index contributed by atoms with van der Waals surface area (Å²) in [5.41, 5.74) is -2.11. The van der Waals surface area contributed by atoms with E-state index in [4.69, 9.17) is 0 Å². The molecule has 0 saturated heterocycles. The summed E-state index contributed by atoms with van der Waals surface area (Å²) in [5.74, 6) is -1.28. The van der Waals surface area contributed by atoms with E-state index < -0.39 is 35.6 Å². The second-order valence-corrected chi connectivity index (χ2v) is 4.26. The van der Waals surface area contributed by atoms with Crippen molar-refractivity contribution in [3.8, 4) is 0 Å². The van der Waals surface area contributed by atoms with E-state index in [0.29, 0.717) is 4.57 Å². The smallest absolute Gasteiger partial charge is 0.297 e. The summed E-state index contributed by atoms with van der Waals surface area (Å²) >= 11 is 0. The molecule has 21 heavy (non-hydrogen) atoms. The SMILES string of the molecule is O=C(Cn1c(C(F)(F)F)cccc1=O)c1ccc(F)cc1. The topological polar surface area (TPSA) is 39.1 Å². The summed E-state index contributed by atoms with van der Waals surface area (Å²) < 4.78 is 51.5. The lowest BCUT2D eigenvalue weighted by Crippen LogP contribution is -2.30. The van der Waals surface area contributed by atoms with Crippen LogP contribution >= 0.6 is 0 Å². The molecule has 110 valence electrons. The van der Waals surface area contributed by atoms with Crippen molar-refractivity contribution in [1.82, 2.24) is 4.57 Å². The lowest BCUT2D eigenvalue weighted by Gasteiger charge is -2.14. The third kappa shape index (κ3) is 3.36. The van der Waals surface area contributed by atoms with E-state index in [1.807, 2.05) is 0 Å². The molecule has 0 aliphatic rings. The number of halogens is 4. The Hall–Kier alpha value is -2.44. The minimum absolute atomic E-state index is 0.0280. The van der Waals surface area contributed by atoms with Crippen molar-refractivity contribution in [3.05, 3.63) is 69.9 Å². The predicted octanol–water partition coefficient (Wildman–Crippen LogP) is 2.89. The van der Waals surface area contributed by atoms with Gasteiger partial charge in [0.2, 0.25) is 0 Å². The minimum atomic E-state index is -4.75. The summed E-state index contributed by atoms with van der Waals surface area (Å²) in [4.78, 5) is 23.5. The second kappa shape index (κ2) is 5.51. The highest BCUT2D eigenvalue weighted by molar-refractivity contribution is 5.95. The molecule has 3 nitrogen and oxygen atoms in total. The van der Waals surface area contributed by atoms with Gasteiger partial charge in [0.25, 0.3) is 5.56 Å². The molecule has 1 aromatic carbocycles. The van der Waals surface area contributed by atoms with Gasteiger partial charge in [0.1, 0.15) is 11.5 Å². The van der Waals surface area contributed by atoms with Gasteiger partial charge in [0.05, 0.1) is 6.54 Å². The molecule has 0 N–H and O–H groups in total. The van der Waals surface area contributed by atoms with Crippen LogP contribution in [0.5, 0.6) is 0 Å². The zero-order valence-electron chi connectivity index (χ0n) is 10.5. The van der Waals surface area contributed by atoms with Gasteiger partial charge in [0.15, 0.2) is 5.78 Å². The van der Waals surface area contributed by atoms with E-state index >= 15 is 0 Å². The normalized spacial score (nSPS) is 11.4. The molecule has 0 fully saturated rings. The molecule has 0 bridgehead atoms. The van der Waals surface area contributed by atoms with Crippen LogP contribution < -0.4 is 5.56 Å². The van der Waals surface area contributed by atoms with Crippen molar-refractivity contribution in [2.24, 2.45) is 0 Å². The zero-order chi connectivity index (χ0) is 15.6. The van der Waals surface area contributed by atoms with Gasteiger partial charge in [0, 0.05) is 11.6 Å². The van der Waals surface area contributed by atoms with Crippen LogP contribution in [0.25, 0.3) is 0 Å². The van der Waals surface area contributed by atoms with Gasteiger partial charge in [-0.15, -0.1) is 0 Å². The van der Waals surface area contributed by atoms with E-state index in [1.165, 1.54) is 0 Å². The Kier molecular flexibility index (Phi) is 3.93. The molecular weight excluding hydrogens is 290 g/mol. The van der Waals surface area contributed by atoms with Gasteiger partial charge < -0.3 is 0 Å². The molecule has 2 aromatic rings. The van der Waals surface area contributed by atoms with Crippen LogP contribution in [-0.4, -0.2) is 10.4 Å². The summed E-state index contributed by atoms with van der Waals surface area (Å²) in [6, 6.07) is 6.98. The van der Waals surface area contributed by atoms with E-state index in [0.717, 1.165) is 42.5 Å². The number of nitrogens with zero attached hydrogens (tertiary/aromatic N) is 1. The molecule has 0 atom stereocenters. The Morgan fingerprint density at radius 1 is 1.05 bits per heavy atom. The van der Waals surface area contributed by atoms with Gasteiger partial charge >= 0.3 is 6.18 Å². The summed E-state index contributed by atoms with van der Waals surface area (Å²) in [7, 11) is 0. The van der Waals surface area contributed by atoms with Gasteiger partial charge in [-0.25, -0.2) is 4.39 Å². The molecule has 0 radical (unpaired) electrons. The Bertz CT molecular complexity index is 717. The maximum atomic E-state index is 12.8. The maximum absolute atomic E-state index is 12.8. The third-order valence-electron chi connectivity index (χ3n) is 2.81. The van der Waals surface area contributed by atoms with Crippen molar-refractivity contribution in [1.29, 1.82) is 0 Å². The number of carbonyl (C=O) groups excluding carboxylic acids is 1. The van der Waals surface area contributed by atoms with Gasteiger partial charge in [-0.1, -0.05) is 6.07 Å². The molecule has 0 amide bonds. The highest BCUT2D eigenvalue weighted by Gasteiger charge is 2.34. The van der Waals surface area contributed by atoms with Gasteiger partial charge in [-0.05, 0) is 30.3 Å². The fourth-order valence-corrected chi connectivity index (χ4v) is 1.80. The Labute approximate surface area is 116 Å². The first-order valence-electron chi connectivity index (χ1n) is 5.85. The number of alkyl halides is 3. The van der Waals surface area contributed by atoms with Crippen LogP contribution in [0.15, 0.2) is 47.3 Å². The molecule has 0 aliphatic heterocycles. The van der Waals surface area contributed by atoms with Crippen LogP contribution in [0.2, 0.25) is 0 Å². The highest BCUT2D eigenvalue weighted by Crippen LogP contribution is 2.28. The predicted molar refractivity (Wildman–Crippen MR) is 66.4 cm³/mol. The Morgan fingerprint density at radius 3 is 2.24 bits per heavy atom. The Morgan fingerprint density at radius 2 is 1.67 bits per heavy atom. The van der Waals surface area contributed by atoms with Crippen LogP contribution in [0.3, 0.4) is 0 Å². The minimum Gasteiger partial charge on any atom is -0.297 e. The summed E-state index contributed by atoms with van der Waals surface area (Å²) in [5, 5.41) is 0. The fraction of sp³-hybridized carbons (Fsp3) is 0.143. The number of ketones is 1. The average Bonchev–Trinajstić information content (AvgIpc) is 2.40. The zero-order valence-corrected chi connectivity index (χ0v) is 10.5. The second-order valence-electron chi connectivity index (χ2n) is 4.26. The van der Waals surface area contributed by atoms with Crippen molar-refractivity contribution >= 4 is 5.78 Å². The molecule has 1 aromatic heterocycles. The van der Waals surface area contributed by atoms with Crippen molar-refractivity contribution in [2.75, 3.05) is 0 Å². The number of hydrogen-bond donors (Lipinski definition) is 0. The molecule has 7 heteroatoms. The molecule has 1 heterocycles. The maximum Gasteiger partial charge on any atom is 0.431 e. The number of aromatic nitrogens is 1. The number of pyridine rings is 1. The van der Waals surface area contributed by atoms with Crippen molar-refractivity contribution in [2.45, 2.75) is 12.7 Å². The highest BCUT2D eigenvalue weighted by atomic mass is 19.4. The summed E-state index contributed by atoms with van der Waals surface area (Å²) in [6.45, 7) is -0.764. The molecule has 0 unspecified atom stereocenters.